The summed E-state index contributed by atoms with van der Waals surface area (Å²) in [5.41, 5.74) is 0. The third-order valence-corrected chi connectivity index (χ3v) is 3.49. The highest BCUT2D eigenvalue weighted by atomic mass is 16.2. The van der Waals surface area contributed by atoms with Crippen molar-refractivity contribution in [2.45, 2.75) is 59.5 Å². The molecule has 1 N–H and O–H groups in total. The monoisotopic (exact) mass is 297 g/mol. The Labute approximate surface area is 129 Å². The molecule has 1 saturated carbocycles. The van der Waals surface area contributed by atoms with E-state index in [2.05, 4.69) is 19.2 Å². The van der Waals surface area contributed by atoms with Crippen LogP contribution in [0, 0.1) is 5.92 Å². The maximum Gasteiger partial charge on any atom is 0.237 e. The van der Waals surface area contributed by atoms with E-state index in [1.807, 2.05) is 30.6 Å². The lowest BCUT2D eigenvalue weighted by atomic mass is 10.2. The average molecular weight is 297 g/mol. The fraction of sp³-hybridized carbons (Fsp3) is 0.875. The molecule has 21 heavy (non-hydrogen) atoms. The summed E-state index contributed by atoms with van der Waals surface area (Å²) in [4.78, 5) is 28.2. The number of rotatable bonds is 9. The first-order valence-corrected chi connectivity index (χ1v) is 8.14. The lowest BCUT2D eigenvalue weighted by Crippen LogP contribution is -2.46. The first kappa shape index (κ1) is 18.0. The van der Waals surface area contributed by atoms with Gasteiger partial charge in [0.25, 0.3) is 0 Å². The van der Waals surface area contributed by atoms with Gasteiger partial charge in [-0.3, -0.25) is 14.5 Å². The molecule has 0 saturated heterocycles. The van der Waals surface area contributed by atoms with Crippen molar-refractivity contribution >= 4 is 11.8 Å². The van der Waals surface area contributed by atoms with Crippen molar-refractivity contribution in [2.24, 2.45) is 5.92 Å². The van der Waals surface area contributed by atoms with E-state index >= 15 is 0 Å². The molecule has 0 aromatic carbocycles. The standard InChI is InChI=1S/C16H31N3O2/c1-6-18(10-15(20)17-13(4)5)11-16(21)19(9-12(2)3)14-7-8-14/h12-14H,6-11H2,1-5H3,(H,17,20). The van der Waals surface area contributed by atoms with Crippen LogP contribution >= 0.6 is 0 Å². The zero-order valence-corrected chi connectivity index (χ0v) is 14.2. The van der Waals surface area contributed by atoms with Crippen LogP contribution in [0.2, 0.25) is 0 Å². The number of nitrogens with one attached hydrogen (secondary N) is 1. The van der Waals surface area contributed by atoms with Gasteiger partial charge in [-0.1, -0.05) is 20.8 Å². The Morgan fingerprint density at radius 2 is 1.76 bits per heavy atom. The number of carbonyl (C=O) groups is 2. The molecule has 0 radical (unpaired) electrons. The molecule has 0 heterocycles. The van der Waals surface area contributed by atoms with Gasteiger partial charge in [0.1, 0.15) is 0 Å². The quantitative estimate of drug-likeness (QED) is 0.701. The van der Waals surface area contributed by atoms with Gasteiger partial charge >= 0.3 is 0 Å². The molecule has 0 unspecified atom stereocenters. The maximum atomic E-state index is 12.5. The Kier molecular flexibility index (Phi) is 7.15. The van der Waals surface area contributed by atoms with Crippen molar-refractivity contribution in [1.29, 1.82) is 0 Å². The van der Waals surface area contributed by atoms with Gasteiger partial charge in [-0.25, -0.2) is 0 Å². The topological polar surface area (TPSA) is 52.7 Å². The maximum absolute atomic E-state index is 12.5. The molecule has 1 rings (SSSR count). The van der Waals surface area contributed by atoms with E-state index in [0.29, 0.717) is 31.6 Å². The van der Waals surface area contributed by atoms with Crippen LogP contribution in [-0.2, 0) is 9.59 Å². The van der Waals surface area contributed by atoms with Crippen molar-refractivity contribution < 1.29 is 9.59 Å². The highest BCUT2D eigenvalue weighted by Crippen LogP contribution is 2.27. The molecular formula is C16H31N3O2. The van der Waals surface area contributed by atoms with Crippen LogP contribution in [0.25, 0.3) is 0 Å². The van der Waals surface area contributed by atoms with Gasteiger partial charge < -0.3 is 10.2 Å². The first-order chi connectivity index (χ1) is 9.83. The predicted molar refractivity (Wildman–Crippen MR) is 85.0 cm³/mol. The predicted octanol–water partition coefficient (Wildman–Crippen LogP) is 1.48. The van der Waals surface area contributed by atoms with Crippen molar-refractivity contribution in [1.82, 2.24) is 15.1 Å². The van der Waals surface area contributed by atoms with Crippen molar-refractivity contribution in [3.05, 3.63) is 0 Å². The van der Waals surface area contributed by atoms with E-state index in [-0.39, 0.29) is 17.9 Å². The molecule has 1 aliphatic carbocycles. The smallest absolute Gasteiger partial charge is 0.237 e. The summed E-state index contributed by atoms with van der Waals surface area (Å²) < 4.78 is 0. The Hall–Kier alpha value is -1.10. The molecule has 0 bridgehead atoms. The minimum atomic E-state index is -0.0125. The summed E-state index contributed by atoms with van der Waals surface area (Å²) >= 11 is 0. The molecule has 0 aromatic heterocycles. The molecule has 0 atom stereocenters. The van der Waals surface area contributed by atoms with Crippen LogP contribution in [0.3, 0.4) is 0 Å². The second kappa shape index (κ2) is 8.37. The minimum absolute atomic E-state index is 0.0125. The fourth-order valence-electron chi connectivity index (χ4n) is 2.37. The molecule has 0 aromatic rings. The van der Waals surface area contributed by atoms with Gasteiger partial charge in [0, 0.05) is 18.6 Å². The highest BCUT2D eigenvalue weighted by molar-refractivity contribution is 5.81. The van der Waals surface area contributed by atoms with Gasteiger partial charge in [0.05, 0.1) is 13.1 Å². The van der Waals surface area contributed by atoms with Gasteiger partial charge in [-0.15, -0.1) is 0 Å². The second-order valence-electron chi connectivity index (χ2n) is 6.70. The van der Waals surface area contributed by atoms with Gasteiger partial charge in [0.15, 0.2) is 0 Å². The number of hydrogen-bond donors (Lipinski definition) is 1. The number of nitrogens with zero attached hydrogens (tertiary/aromatic N) is 2. The van der Waals surface area contributed by atoms with E-state index in [1.54, 1.807) is 0 Å². The molecule has 1 fully saturated rings. The molecule has 1 aliphatic rings. The van der Waals surface area contributed by atoms with Crippen LogP contribution in [0.1, 0.15) is 47.5 Å². The summed E-state index contributed by atoms with van der Waals surface area (Å²) in [7, 11) is 0. The number of likely N-dealkylation sites (N-methyl/N-ethyl adjacent to an activating group) is 1. The summed E-state index contributed by atoms with van der Waals surface area (Å²) in [5.74, 6) is 0.626. The SMILES string of the molecule is CCN(CC(=O)NC(C)C)CC(=O)N(CC(C)C)C1CC1. The molecule has 0 spiro atoms. The summed E-state index contributed by atoms with van der Waals surface area (Å²) in [6.45, 7) is 12.3. The third kappa shape index (κ3) is 6.93. The van der Waals surface area contributed by atoms with Gasteiger partial charge in [-0.2, -0.15) is 0 Å². The molecule has 5 nitrogen and oxygen atoms in total. The third-order valence-electron chi connectivity index (χ3n) is 3.49. The minimum Gasteiger partial charge on any atom is -0.353 e. The molecule has 5 heteroatoms. The van der Waals surface area contributed by atoms with E-state index in [0.717, 1.165) is 19.4 Å². The van der Waals surface area contributed by atoms with E-state index in [9.17, 15) is 9.59 Å². The summed E-state index contributed by atoms with van der Waals surface area (Å²) in [6, 6.07) is 0.568. The van der Waals surface area contributed by atoms with Crippen molar-refractivity contribution in [3.8, 4) is 0 Å². The van der Waals surface area contributed by atoms with E-state index in [4.69, 9.17) is 0 Å². The lowest BCUT2D eigenvalue weighted by molar-refractivity contribution is -0.134. The Morgan fingerprint density at radius 3 is 2.19 bits per heavy atom. The fourth-order valence-corrected chi connectivity index (χ4v) is 2.37. The van der Waals surface area contributed by atoms with Crippen LogP contribution in [0.15, 0.2) is 0 Å². The second-order valence-corrected chi connectivity index (χ2v) is 6.70. The zero-order chi connectivity index (χ0) is 16.0. The van der Waals surface area contributed by atoms with Gasteiger partial charge in [-0.05, 0) is 39.2 Å². The Balaban J connectivity index is 2.50. The zero-order valence-electron chi connectivity index (χ0n) is 14.2. The van der Waals surface area contributed by atoms with Crippen molar-refractivity contribution in [2.75, 3.05) is 26.2 Å². The Morgan fingerprint density at radius 1 is 1.14 bits per heavy atom. The van der Waals surface area contributed by atoms with Crippen molar-refractivity contribution in [3.63, 3.8) is 0 Å². The molecule has 0 aliphatic heterocycles. The lowest BCUT2D eigenvalue weighted by Gasteiger charge is -2.28. The number of amides is 2. The largest absolute Gasteiger partial charge is 0.353 e. The summed E-state index contributed by atoms with van der Waals surface area (Å²) in [5, 5.41) is 2.87. The molecule has 122 valence electrons. The molecule has 2 amide bonds. The van der Waals surface area contributed by atoms with E-state index < -0.39 is 0 Å². The number of hydrogen-bond acceptors (Lipinski definition) is 3. The van der Waals surface area contributed by atoms with Crippen LogP contribution in [0.5, 0.6) is 0 Å². The average Bonchev–Trinajstić information content (AvgIpc) is 3.17. The first-order valence-electron chi connectivity index (χ1n) is 8.14. The summed E-state index contributed by atoms with van der Waals surface area (Å²) in [6.07, 6.45) is 2.25. The van der Waals surface area contributed by atoms with Crippen LogP contribution in [0.4, 0.5) is 0 Å². The van der Waals surface area contributed by atoms with Crippen LogP contribution in [-0.4, -0.2) is 59.9 Å². The highest BCUT2D eigenvalue weighted by Gasteiger charge is 2.33. The Bertz CT molecular complexity index is 351. The van der Waals surface area contributed by atoms with Crippen LogP contribution < -0.4 is 5.32 Å². The van der Waals surface area contributed by atoms with Gasteiger partial charge in [0.2, 0.25) is 11.8 Å². The number of carbonyl (C=O) groups excluding carboxylic acids is 2. The normalized spacial score (nSPS) is 14.9. The van der Waals surface area contributed by atoms with E-state index in [1.165, 1.54) is 0 Å². The molecular weight excluding hydrogens is 266 g/mol.